The highest BCUT2D eigenvalue weighted by atomic mass is 16.5. The van der Waals surface area contributed by atoms with Gasteiger partial charge >= 0.3 is 6.03 Å². The van der Waals surface area contributed by atoms with E-state index in [9.17, 15) is 19.5 Å². The third kappa shape index (κ3) is 8.56. The number of carbonyl (C=O) groups excluding carboxylic acids is 3. The molecule has 0 bridgehead atoms. The van der Waals surface area contributed by atoms with E-state index in [0.717, 1.165) is 42.6 Å². The van der Waals surface area contributed by atoms with Crippen LogP contribution in [0.3, 0.4) is 0 Å². The monoisotopic (exact) mass is 620 g/mol. The van der Waals surface area contributed by atoms with Crippen molar-refractivity contribution < 1.29 is 24.2 Å². The van der Waals surface area contributed by atoms with Crippen LogP contribution in [0.15, 0.2) is 55.2 Å². The lowest BCUT2D eigenvalue weighted by molar-refractivity contribution is -0.154. The standard InChI is InChI=1S/C32H44N8O5/c33-25(19-24-20-34-21-37-24)30(42)40(27(18-23-9-5-2-6-10-23)28(41)29-35-11-12-36-29)31(43)26(17-22-7-3-1-4-8-22)38-32(44)39-13-15-45-16-14-39/h1,3-4,7-8,11-12,20-21,23,25-28,41H,2,5-6,9-10,13-19,33H2,(H,34,37)(H,35,36)(H,38,44)/t25-,26-,27-,28+/m0/s1. The molecule has 4 atom stereocenters. The number of amides is 4. The van der Waals surface area contributed by atoms with Gasteiger partial charge in [0.15, 0.2) is 0 Å². The lowest BCUT2D eigenvalue weighted by Gasteiger charge is -2.39. The topological polar surface area (TPSA) is 183 Å². The Bertz CT molecular complexity index is 1340. The number of aliphatic hydroxyl groups excluding tert-OH is 1. The summed E-state index contributed by atoms with van der Waals surface area (Å²) in [4.78, 5) is 59.6. The number of imidazole rings is 2. The molecule has 3 aromatic rings. The Kier molecular flexibility index (Phi) is 11.3. The second-order valence-electron chi connectivity index (χ2n) is 12.0. The van der Waals surface area contributed by atoms with E-state index in [1.807, 2.05) is 30.3 Å². The Balaban J connectivity index is 1.51. The molecule has 3 heterocycles. The van der Waals surface area contributed by atoms with E-state index < -0.39 is 42.1 Å². The minimum Gasteiger partial charge on any atom is -0.383 e. The molecule has 0 radical (unpaired) electrons. The zero-order valence-corrected chi connectivity index (χ0v) is 25.5. The number of benzene rings is 1. The van der Waals surface area contributed by atoms with Crippen LogP contribution in [0.25, 0.3) is 0 Å². The average molecular weight is 621 g/mol. The number of ether oxygens (including phenoxy) is 1. The first-order valence-corrected chi connectivity index (χ1v) is 15.8. The SMILES string of the molecule is N[C@@H](Cc1cnc[nH]1)C(=O)N(C(=O)[C@H](Cc1ccccc1)NC(=O)N1CCOCC1)[C@@H](CC1CCCCC1)[C@@H](O)c1ncc[nH]1. The number of H-pyrrole nitrogens is 2. The first kappa shape index (κ1) is 32.3. The van der Waals surface area contributed by atoms with E-state index in [4.69, 9.17) is 10.5 Å². The second kappa shape index (κ2) is 15.8. The van der Waals surface area contributed by atoms with Crippen molar-refractivity contribution in [2.75, 3.05) is 26.3 Å². The molecule has 0 unspecified atom stereocenters. The van der Waals surface area contributed by atoms with Crippen LogP contribution >= 0.6 is 0 Å². The van der Waals surface area contributed by atoms with Crippen LogP contribution < -0.4 is 11.1 Å². The fraction of sp³-hybridized carbons (Fsp3) is 0.531. The first-order chi connectivity index (χ1) is 21.9. The van der Waals surface area contributed by atoms with Crippen molar-refractivity contribution in [2.45, 2.75) is 75.6 Å². The summed E-state index contributed by atoms with van der Waals surface area (Å²) in [6.07, 6.45) is 10.6. The molecule has 1 aliphatic carbocycles. The number of urea groups is 1. The van der Waals surface area contributed by atoms with E-state index in [0.29, 0.717) is 38.4 Å². The quantitative estimate of drug-likeness (QED) is 0.204. The predicted octanol–water partition coefficient (Wildman–Crippen LogP) is 2.08. The zero-order valence-electron chi connectivity index (χ0n) is 25.5. The molecule has 5 rings (SSSR count). The molecule has 1 saturated carbocycles. The Morgan fingerprint density at radius 3 is 2.49 bits per heavy atom. The second-order valence-corrected chi connectivity index (χ2v) is 12.0. The van der Waals surface area contributed by atoms with Gasteiger partial charge in [-0.3, -0.25) is 14.5 Å². The Morgan fingerprint density at radius 1 is 1.07 bits per heavy atom. The maximum atomic E-state index is 14.8. The summed E-state index contributed by atoms with van der Waals surface area (Å²) in [5, 5.41) is 14.7. The average Bonchev–Trinajstić information content (AvgIpc) is 3.80. The van der Waals surface area contributed by atoms with Gasteiger partial charge in [-0.2, -0.15) is 0 Å². The molecule has 4 amide bonds. The number of hydrogen-bond acceptors (Lipinski definition) is 8. The Morgan fingerprint density at radius 2 is 1.82 bits per heavy atom. The highest BCUT2D eigenvalue weighted by Crippen LogP contribution is 2.33. The van der Waals surface area contributed by atoms with Gasteiger partial charge in [0.2, 0.25) is 5.91 Å². The molecule has 1 aromatic carbocycles. The van der Waals surface area contributed by atoms with E-state index in [1.54, 1.807) is 17.3 Å². The normalized spacial score (nSPS) is 18.5. The summed E-state index contributed by atoms with van der Waals surface area (Å²) >= 11 is 0. The largest absolute Gasteiger partial charge is 0.383 e. The van der Waals surface area contributed by atoms with E-state index in [1.165, 1.54) is 12.5 Å². The third-order valence-electron chi connectivity index (χ3n) is 8.76. The van der Waals surface area contributed by atoms with Crippen LogP contribution in [-0.4, -0.2) is 97.1 Å². The number of nitrogens with two attached hydrogens (primary N) is 1. The molecular weight excluding hydrogens is 576 g/mol. The number of nitrogens with one attached hydrogen (secondary N) is 3. The minimum atomic E-state index is -1.29. The number of aromatic nitrogens is 4. The number of aromatic amines is 2. The Hall–Kier alpha value is -4.07. The smallest absolute Gasteiger partial charge is 0.318 e. The lowest BCUT2D eigenvalue weighted by Crippen LogP contribution is -2.61. The lowest BCUT2D eigenvalue weighted by atomic mass is 9.82. The van der Waals surface area contributed by atoms with E-state index in [-0.39, 0.29) is 24.6 Å². The van der Waals surface area contributed by atoms with Gasteiger partial charge in [0.1, 0.15) is 18.0 Å². The van der Waals surface area contributed by atoms with Crippen LogP contribution in [-0.2, 0) is 27.2 Å². The van der Waals surface area contributed by atoms with E-state index in [2.05, 4.69) is 25.3 Å². The molecule has 0 spiro atoms. The van der Waals surface area contributed by atoms with Crippen molar-refractivity contribution in [1.82, 2.24) is 35.1 Å². The highest BCUT2D eigenvalue weighted by Gasteiger charge is 2.42. The number of morpholine rings is 1. The van der Waals surface area contributed by atoms with Crippen LogP contribution in [0.2, 0.25) is 0 Å². The molecule has 1 saturated heterocycles. The maximum Gasteiger partial charge on any atom is 0.318 e. The molecule has 45 heavy (non-hydrogen) atoms. The maximum absolute atomic E-state index is 14.8. The van der Waals surface area contributed by atoms with E-state index >= 15 is 0 Å². The van der Waals surface area contributed by atoms with Gasteiger partial charge in [-0.1, -0.05) is 62.4 Å². The molecule has 13 heteroatoms. The molecule has 1 aliphatic heterocycles. The number of imide groups is 1. The van der Waals surface area contributed by atoms with Crippen molar-refractivity contribution in [3.05, 3.63) is 72.3 Å². The van der Waals surface area contributed by atoms with Crippen LogP contribution in [0, 0.1) is 5.92 Å². The molecular formula is C32H44N8O5. The van der Waals surface area contributed by atoms with Crippen molar-refractivity contribution in [3.8, 4) is 0 Å². The summed E-state index contributed by atoms with van der Waals surface area (Å²) in [5.41, 5.74) is 7.95. The minimum absolute atomic E-state index is 0.110. The van der Waals surface area contributed by atoms with Crippen molar-refractivity contribution in [3.63, 3.8) is 0 Å². The molecule has 2 aromatic heterocycles. The van der Waals surface area contributed by atoms with Gasteiger partial charge in [-0.25, -0.2) is 14.8 Å². The predicted molar refractivity (Wildman–Crippen MR) is 166 cm³/mol. The fourth-order valence-electron chi connectivity index (χ4n) is 6.32. The molecule has 13 nitrogen and oxygen atoms in total. The molecule has 242 valence electrons. The number of nitrogens with zero attached hydrogens (tertiary/aromatic N) is 4. The fourth-order valence-corrected chi connectivity index (χ4v) is 6.32. The highest BCUT2D eigenvalue weighted by molar-refractivity contribution is 6.01. The summed E-state index contributed by atoms with van der Waals surface area (Å²) in [6, 6.07) is 5.72. The summed E-state index contributed by atoms with van der Waals surface area (Å²) in [6.45, 7) is 1.57. The first-order valence-electron chi connectivity index (χ1n) is 15.8. The van der Waals surface area contributed by atoms with Crippen molar-refractivity contribution in [1.29, 1.82) is 0 Å². The van der Waals surface area contributed by atoms with Gasteiger partial charge in [-0.15, -0.1) is 0 Å². The zero-order chi connectivity index (χ0) is 31.6. The van der Waals surface area contributed by atoms with Crippen molar-refractivity contribution in [2.24, 2.45) is 11.7 Å². The molecule has 6 N–H and O–H groups in total. The Labute approximate surface area is 262 Å². The van der Waals surface area contributed by atoms with Gasteiger partial charge in [0.05, 0.1) is 31.6 Å². The van der Waals surface area contributed by atoms with Crippen LogP contribution in [0.4, 0.5) is 4.79 Å². The summed E-state index contributed by atoms with van der Waals surface area (Å²) in [5.74, 6) is -0.826. The van der Waals surface area contributed by atoms with Gasteiger partial charge < -0.3 is 35.8 Å². The number of aliphatic hydroxyl groups is 1. The number of carbonyl (C=O) groups is 3. The number of hydrogen-bond donors (Lipinski definition) is 5. The summed E-state index contributed by atoms with van der Waals surface area (Å²) < 4.78 is 5.40. The van der Waals surface area contributed by atoms with Gasteiger partial charge in [0, 0.05) is 50.2 Å². The van der Waals surface area contributed by atoms with Crippen LogP contribution in [0.5, 0.6) is 0 Å². The van der Waals surface area contributed by atoms with Gasteiger partial charge in [0.25, 0.3) is 5.91 Å². The number of rotatable bonds is 12. The van der Waals surface area contributed by atoms with Gasteiger partial charge in [-0.05, 0) is 17.9 Å². The third-order valence-corrected chi connectivity index (χ3v) is 8.76. The molecule has 2 fully saturated rings. The van der Waals surface area contributed by atoms with Crippen LogP contribution in [0.1, 0.15) is 61.7 Å². The van der Waals surface area contributed by atoms with Crippen molar-refractivity contribution >= 4 is 17.8 Å². The molecule has 2 aliphatic rings. The summed E-state index contributed by atoms with van der Waals surface area (Å²) in [7, 11) is 0.